The molecule has 0 radical (unpaired) electrons. The lowest BCUT2D eigenvalue weighted by molar-refractivity contribution is -0.155. The third-order valence-electron chi connectivity index (χ3n) is 1.79. The van der Waals surface area contributed by atoms with Crippen molar-refractivity contribution < 1.29 is 45.7 Å². The molecule has 0 aromatic carbocycles. The lowest BCUT2D eigenvalue weighted by Gasteiger charge is -2.12. The first-order valence-corrected chi connectivity index (χ1v) is 5.11. The molecule has 0 aliphatic carbocycles. The third kappa shape index (κ3) is 6.68. The van der Waals surface area contributed by atoms with Gasteiger partial charge in [-0.1, -0.05) is 0 Å². The van der Waals surface area contributed by atoms with Crippen LogP contribution in [0, 0.1) is 0 Å². The van der Waals surface area contributed by atoms with Crippen LogP contribution in [-0.4, -0.2) is 41.6 Å². The molecule has 11 heteroatoms. The van der Waals surface area contributed by atoms with Crippen molar-refractivity contribution in [3.8, 4) is 11.8 Å². The number of alkyl halides is 6. The summed E-state index contributed by atoms with van der Waals surface area (Å²) in [6, 6.07) is 1.27. The summed E-state index contributed by atoms with van der Waals surface area (Å²) in [6.07, 6.45) is -9.43. The van der Waals surface area contributed by atoms with E-state index in [-0.39, 0.29) is 0 Å². The van der Waals surface area contributed by atoms with E-state index < -0.39 is 48.9 Å². The molecule has 0 unspecified atom stereocenters. The minimum Gasteiger partial charge on any atom is -0.478 e. The van der Waals surface area contributed by atoms with Crippen LogP contribution in [0.3, 0.4) is 0 Å². The van der Waals surface area contributed by atoms with Crippen molar-refractivity contribution in [2.75, 3.05) is 13.2 Å². The lowest BCUT2D eigenvalue weighted by Crippen LogP contribution is -2.21. The van der Waals surface area contributed by atoms with Crippen molar-refractivity contribution >= 4 is 5.97 Å². The highest BCUT2D eigenvalue weighted by atomic mass is 19.4. The van der Waals surface area contributed by atoms with E-state index in [0.717, 1.165) is 0 Å². The van der Waals surface area contributed by atoms with Crippen LogP contribution in [0.15, 0.2) is 12.1 Å². The Balaban J connectivity index is 2.92. The Morgan fingerprint density at radius 3 is 1.67 bits per heavy atom. The van der Waals surface area contributed by atoms with E-state index in [1.165, 1.54) is 0 Å². The van der Waals surface area contributed by atoms with E-state index in [1.54, 1.807) is 0 Å². The molecule has 1 rings (SSSR count). The van der Waals surface area contributed by atoms with Crippen LogP contribution in [-0.2, 0) is 0 Å². The second-order valence-corrected chi connectivity index (χ2v) is 3.65. The molecule has 1 heterocycles. The van der Waals surface area contributed by atoms with Gasteiger partial charge < -0.3 is 14.6 Å². The van der Waals surface area contributed by atoms with Crippen molar-refractivity contribution in [1.29, 1.82) is 0 Å². The fourth-order valence-corrected chi connectivity index (χ4v) is 1.06. The number of nitrogens with zero attached hydrogens (tertiary/aromatic N) is 1. The summed E-state index contributed by atoms with van der Waals surface area (Å²) in [6.45, 7) is -3.55. The Labute approximate surface area is 113 Å². The van der Waals surface area contributed by atoms with Crippen molar-refractivity contribution in [2.45, 2.75) is 12.4 Å². The molecule has 1 aromatic heterocycles. The quantitative estimate of drug-likeness (QED) is 0.845. The minimum absolute atomic E-state index is 0.626. The molecule has 5 nitrogen and oxygen atoms in total. The molecule has 0 aliphatic heterocycles. The molecular formula is C10H7F6NO4. The molecule has 118 valence electrons. The Morgan fingerprint density at radius 1 is 1.00 bits per heavy atom. The predicted molar refractivity (Wildman–Crippen MR) is 54.3 cm³/mol. The van der Waals surface area contributed by atoms with Crippen molar-refractivity contribution in [3.05, 3.63) is 17.7 Å². The number of hydrogen-bond acceptors (Lipinski definition) is 4. The predicted octanol–water partition coefficient (Wildman–Crippen LogP) is 2.66. The second-order valence-electron chi connectivity index (χ2n) is 3.65. The zero-order valence-corrected chi connectivity index (χ0v) is 9.96. The molecule has 0 aliphatic rings. The summed E-state index contributed by atoms with van der Waals surface area (Å²) < 4.78 is 80.1. The van der Waals surface area contributed by atoms with Gasteiger partial charge in [-0.2, -0.15) is 31.3 Å². The summed E-state index contributed by atoms with van der Waals surface area (Å²) in [7, 11) is 0. The Kier molecular flexibility index (Phi) is 4.86. The largest absolute Gasteiger partial charge is 0.478 e. The van der Waals surface area contributed by atoms with Gasteiger partial charge in [0.1, 0.15) is 0 Å². The molecule has 0 saturated carbocycles. The van der Waals surface area contributed by atoms with Crippen LogP contribution < -0.4 is 9.47 Å². The smallest absolute Gasteiger partial charge is 0.422 e. The number of carboxylic acids is 1. The Bertz CT molecular complexity index is 477. The number of halogens is 6. The molecule has 0 bridgehead atoms. The fraction of sp³-hybridized carbons (Fsp3) is 0.400. The van der Waals surface area contributed by atoms with E-state index in [1.807, 2.05) is 0 Å². The van der Waals surface area contributed by atoms with Crippen LogP contribution in [0.4, 0.5) is 26.3 Å². The summed E-state index contributed by atoms with van der Waals surface area (Å²) in [5.74, 6) is -3.22. The van der Waals surface area contributed by atoms with Gasteiger partial charge in [0, 0.05) is 12.1 Å². The van der Waals surface area contributed by atoms with Crippen LogP contribution in [0.5, 0.6) is 11.8 Å². The molecule has 0 spiro atoms. The maximum atomic E-state index is 12.0. The van der Waals surface area contributed by atoms with E-state index in [9.17, 15) is 31.1 Å². The maximum Gasteiger partial charge on any atom is 0.422 e. The van der Waals surface area contributed by atoms with E-state index >= 15 is 0 Å². The highest BCUT2D eigenvalue weighted by molar-refractivity contribution is 5.88. The SMILES string of the molecule is O=C(O)c1cc(OCC(F)(F)F)nc(OCC(F)(F)F)c1. The topological polar surface area (TPSA) is 68.7 Å². The second kappa shape index (κ2) is 6.06. The van der Waals surface area contributed by atoms with Gasteiger partial charge in [-0.3, -0.25) is 0 Å². The number of carboxylic acid groups (broad SMARTS) is 1. The van der Waals surface area contributed by atoms with Gasteiger partial charge in [0.2, 0.25) is 11.8 Å². The van der Waals surface area contributed by atoms with Gasteiger partial charge in [0.15, 0.2) is 13.2 Å². The van der Waals surface area contributed by atoms with Crippen LogP contribution in [0.1, 0.15) is 10.4 Å². The van der Waals surface area contributed by atoms with Gasteiger partial charge in [-0.15, -0.1) is 0 Å². The lowest BCUT2D eigenvalue weighted by atomic mass is 10.2. The zero-order chi connectivity index (χ0) is 16.3. The molecule has 21 heavy (non-hydrogen) atoms. The first kappa shape index (κ1) is 16.9. The van der Waals surface area contributed by atoms with Gasteiger partial charge >= 0.3 is 18.3 Å². The van der Waals surface area contributed by atoms with Gasteiger partial charge in [0.25, 0.3) is 0 Å². The standard InChI is InChI=1S/C10H7F6NO4/c11-9(12,13)3-20-6-1-5(8(18)19)2-7(17-6)21-4-10(14,15)16/h1-2H,3-4H2,(H,18,19). The summed E-state index contributed by atoms with van der Waals surface area (Å²) in [5, 5.41) is 8.71. The fourth-order valence-electron chi connectivity index (χ4n) is 1.06. The minimum atomic E-state index is -4.71. The molecule has 0 atom stereocenters. The summed E-state index contributed by atoms with van der Waals surface area (Å²) in [5.41, 5.74) is -0.626. The zero-order valence-electron chi connectivity index (χ0n) is 9.96. The number of aromatic nitrogens is 1. The third-order valence-corrected chi connectivity index (χ3v) is 1.79. The molecule has 0 amide bonds. The van der Waals surface area contributed by atoms with Crippen molar-refractivity contribution in [2.24, 2.45) is 0 Å². The monoisotopic (exact) mass is 319 g/mol. The van der Waals surface area contributed by atoms with Crippen LogP contribution >= 0.6 is 0 Å². The van der Waals surface area contributed by atoms with Gasteiger partial charge in [-0.05, 0) is 0 Å². The van der Waals surface area contributed by atoms with E-state index in [2.05, 4.69) is 14.5 Å². The first-order valence-electron chi connectivity index (χ1n) is 5.11. The Hall–Kier alpha value is -2.20. The average Bonchev–Trinajstić information content (AvgIpc) is 2.32. The number of hydrogen-bond donors (Lipinski definition) is 1. The highest BCUT2D eigenvalue weighted by Gasteiger charge is 2.30. The number of carbonyl (C=O) groups is 1. The normalized spacial score (nSPS) is 12.1. The number of pyridine rings is 1. The Morgan fingerprint density at radius 2 is 1.38 bits per heavy atom. The van der Waals surface area contributed by atoms with Gasteiger partial charge in [0.05, 0.1) is 5.56 Å². The van der Waals surface area contributed by atoms with Crippen LogP contribution in [0.2, 0.25) is 0 Å². The first-order chi connectivity index (χ1) is 9.46. The number of aromatic carboxylic acids is 1. The highest BCUT2D eigenvalue weighted by Crippen LogP contribution is 2.23. The van der Waals surface area contributed by atoms with E-state index in [4.69, 9.17) is 5.11 Å². The molecular weight excluding hydrogens is 312 g/mol. The molecule has 1 N–H and O–H groups in total. The summed E-state index contributed by atoms with van der Waals surface area (Å²) in [4.78, 5) is 13.9. The number of ether oxygens (including phenoxy) is 2. The average molecular weight is 319 g/mol. The van der Waals surface area contributed by atoms with Crippen molar-refractivity contribution in [1.82, 2.24) is 4.98 Å². The molecule has 0 fully saturated rings. The molecule has 0 saturated heterocycles. The summed E-state index contributed by atoms with van der Waals surface area (Å²) >= 11 is 0. The van der Waals surface area contributed by atoms with Crippen LogP contribution in [0.25, 0.3) is 0 Å². The molecule has 1 aromatic rings. The van der Waals surface area contributed by atoms with Gasteiger partial charge in [-0.25, -0.2) is 4.79 Å². The maximum absolute atomic E-state index is 12.0. The number of rotatable bonds is 5. The van der Waals surface area contributed by atoms with Crippen molar-refractivity contribution in [3.63, 3.8) is 0 Å². The van der Waals surface area contributed by atoms with E-state index in [0.29, 0.717) is 12.1 Å².